The standard InChI is InChI=1S/C21H19FN4O2/c22-16-8-6-14(7-9-16)19-18(12-24-26-19)21(28)23-11-13-2-1-3-17(10-13)25-20(27)15-4-5-15/h1-3,6-10,12,15H,4-5,11H2,(H,23,28)(H,24,26)(H,25,27). The lowest BCUT2D eigenvalue weighted by molar-refractivity contribution is -0.117. The van der Waals surface area contributed by atoms with Gasteiger partial charge in [0.2, 0.25) is 5.91 Å². The molecule has 0 atom stereocenters. The number of rotatable bonds is 6. The predicted molar refractivity (Wildman–Crippen MR) is 103 cm³/mol. The molecule has 0 radical (unpaired) electrons. The minimum Gasteiger partial charge on any atom is -0.348 e. The third-order valence-electron chi connectivity index (χ3n) is 4.61. The molecule has 2 aromatic carbocycles. The molecule has 1 aromatic heterocycles. The van der Waals surface area contributed by atoms with E-state index in [1.807, 2.05) is 24.3 Å². The maximum Gasteiger partial charge on any atom is 0.255 e. The van der Waals surface area contributed by atoms with Gasteiger partial charge in [-0.25, -0.2) is 4.39 Å². The molecule has 1 aliphatic rings. The van der Waals surface area contributed by atoms with Crippen molar-refractivity contribution < 1.29 is 14.0 Å². The largest absolute Gasteiger partial charge is 0.348 e. The molecule has 0 bridgehead atoms. The Kier molecular flexibility index (Phi) is 4.89. The number of amides is 2. The highest BCUT2D eigenvalue weighted by molar-refractivity contribution is 5.99. The fourth-order valence-electron chi connectivity index (χ4n) is 2.92. The van der Waals surface area contributed by atoms with Crippen LogP contribution in [-0.2, 0) is 11.3 Å². The minimum absolute atomic E-state index is 0.0449. The molecule has 3 N–H and O–H groups in total. The molecule has 6 nitrogen and oxygen atoms in total. The minimum atomic E-state index is -0.345. The van der Waals surface area contributed by atoms with Gasteiger partial charge in [-0.1, -0.05) is 12.1 Å². The fourth-order valence-corrected chi connectivity index (χ4v) is 2.92. The lowest BCUT2D eigenvalue weighted by Gasteiger charge is -2.09. The number of nitrogens with zero attached hydrogens (tertiary/aromatic N) is 1. The van der Waals surface area contributed by atoms with Gasteiger partial charge in [-0.15, -0.1) is 0 Å². The smallest absolute Gasteiger partial charge is 0.255 e. The molecule has 7 heteroatoms. The molecule has 142 valence electrons. The van der Waals surface area contributed by atoms with E-state index in [0.717, 1.165) is 24.1 Å². The summed E-state index contributed by atoms with van der Waals surface area (Å²) in [7, 11) is 0. The Morgan fingerprint density at radius 1 is 1.14 bits per heavy atom. The van der Waals surface area contributed by atoms with E-state index < -0.39 is 0 Å². The Bertz CT molecular complexity index is 1010. The van der Waals surface area contributed by atoms with Gasteiger partial charge >= 0.3 is 0 Å². The van der Waals surface area contributed by atoms with Crippen LogP contribution in [0.4, 0.5) is 10.1 Å². The second-order valence-corrected chi connectivity index (χ2v) is 6.81. The molecule has 4 rings (SSSR count). The topological polar surface area (TPSA) is 86.9 Å². The molecule has 0 unspecified atom stereocenters. The zero-order chi connectivity index (χ0) is 19.5. The first-order chi connectivity index (χ1) is 13.6. The number of anilines is 1. The number of aromatic nitrogens is 2. The average Bonchev–Trinajstić information content (AvgIpc) is 3.44. The van der Waals surface area contributed by atoms with Crippen molar-refractivity contribution in [1.29, 1.82) is 0 Å². The second-order valence-electron chi connectivity index (χ2n) is 6.81. The first kappa shape index (κ1) is 17.9. The summed E-state index contributed by atoms with van der Waals surface area (Å²) >= 11 is 0. The van der Waals surface area contributed by atoms with Crippen LogP contribution < -0.4 is 10.6 Å². The van der Waals surface area contributed by atoms with Crippen molar-refractivity contribution in [3.8, 4) is 11.3 Å². The summed E-state index contributed by atoms with van der Waals surface area (Å²) in [5, 5.41) is 12.5. The molecule has 1 aliphatic carbocycles. The van der Waals surface area contributed by atoms with Crippen LogP contribution in [0.1, 0.15) is 28.8 Å². The van der Waals surface area contributed by atoms with Crippen molar-refractivity contribution in [2.24, 2.45) is 5.92 Å². The summed E-state index contributed by atoms with van der Waals surface area (Å²) < 4.78 is 13.1. The Balaban J connectivity index is 1.42. The summed E-state index contributed by atoms with van der Waals surface area (Å²) in [4.78, 5) is 24.5. The Morgan fingerprint density at radius 2 is 1.93 bits per heavy atom. The Morgan fingerprint density at radius 3 is 2.68 bits per heavy atom. The zero-order valence-electron chi connectivity index (χ0n) is 15.0. The first-order valence-corrected chi connectivity index (χ1v) is 9.07. The van der Waals surface area contributed by atoms with Crippen molar-refractivity contribution in [3.05, 3.63) is 71.7 Å². The summed E-state index contributed by atoms with van der Waals surface area (Å²) in [5.41, 5.74) is 3.18. The number of hydrogen-bond donors (Lipinski definition) is 3. The Hall–Kier alpha value is -3.48. The van der Waals surface area contributed by atoms with Gasteiger partial charge in [0.15, 0.2) is 0 Å². The summed E-state index contributed by atoms with van der Waals surface area (Å²) in [6, 6.07) is 13.2. The van der Waals surface area contributed by atoms with E-state index >= 15 is 0 Å². The Labute approximate surface area is 161 Å². The molecule has 1 saturated carbocycles. The molecular formula is C21H19FN4O2. The molecule has 28 heavy (non-hydrogen) atoms. The van der Waals surface area contributed by atoms with E-state index in [2.05, 4.69) is 20.8 Å². The van der Waals surface area contributed by atoms with E-state index in [-0.39, 0.29) is 23.5 Å². The van der Waals surface area contributed by atoms with Crippen molar-refractivity contribution in [2.75, 3.05) is 5.32 Å². The van der Waals surface area contributed by atoms with E-state index in [0.29, 0.717) is 23.4 Å². The second kappa shape index (κ2) is 7.64. The maximum atomic E-state index is 13.1. The van der Waals surface area contributed by atoms with E-state index in [1.54, 1.807) is 12.1 Å². The molecule has 3 aromatic rings. The average molecular weight is 378 g/mol. The molecular weight excluding hydrogens is 359 g/mol. The van der Waals surface area contributed by atoms with Crippen LogP contribution in [0, 0.1) is 11.7 Å². The lowest BCUT2D eigenvalue weighted by Crippen LogP contribution is -2.23. The quantitative estimate of drug-likeness (QED) is 0.614. The van der Waals surface area contributed by atoms with E-state index in [9.17, 15) is 14.0 Å². The highest BCUT2D eigenvalue weighted by Crippen LogP contribution is 2.30. The fraction of sp³-hybridized carbons (Fsp3) is 0.190. The SMILES string of the molecule is O=C(NCc1cccc(NC(=O)C2CC2)c1)c1cn[nH]c1-c1ccc(F)cc1. The van der Waals surface area contributed by atoms with E-state index in [1.165, 1.54) is 18.3 Å². The van der Waals surface area contributed by atoms with Gasteiger partial charge in [0.05, 0.1) is 17.5 Å². The number of benzene rings is 2. The van der Waals surface area contributed by atoms with E-state index in [4.69, 9.17) is 0 Å². The zero-order valence-corrected chi connectivity index (χ0v) is 15.0. The molecule has 1 heterocycles. The third-order valence-corrected chi connectivity index (χ3v) is 4.61. The highest BCUT2D eigenvalue weighted by Gasteiger charge is 2.29. The van der Waals surface area contributed by atoms with Crippen LogP contribution in [0.3, 0.4) is 0 Å². The molecule has 0 saturated heterocycles. The van der Waals surface area contributed by atoms with Gasteiger partial charge in [0.25, 0.3) is 5.91 Å². The van der Waals surface area contributed by atoms with Crippen molar-refractivity contribution in [3.63, 3.8) is 0 Å². The van der Waals surface area contributed by atoms with Gasteiger partial charge in [-0.3, -0.25) is 14.7 Å². The van der Waals surface area contributed by atoms with Crippen LogP contribution in [0.5, 0.6) is 0 Å². The molecule has 1 fully saturated rings. The monoisotopic (exact) mass is 378 g/mol. The summed E-state index contributed by atoms with van der Waals surface area (Å²) in [6.07, 6.45) is 3.34. The number of halogens is 1. The van der Waals surface area contributed by atoms with Crippen LogP contribution in [-0.4, -0.2) is 22.0 Å². The van der Waals surface area contributed by atoms with Gasteiger partial charge in [-0.05, 0) is 54.8 Å². The molecule has 0 aliphatic heterocycles. The van der Waals surface area contributed by atoms with Crippen LogP contribution in [0.25, 0.3) is 11.3 Å². The van der Waals surface area contributed by atoms with Crippen molar-refractivity contribution in [2.45, 2.75) is 19.4 Å². The van der Waals surface area contributed by atoms with Crippen molar-refractivity contribution in [1.82, 2.24) is 15.5 Å². The first-order valence-electron chi connectivity index (χ1n) is 9.07. The van der Waals surface area contributed by atoms with Crippen molar-refractivity contribution >= 4 is 17.5 Å². The van der Waals surface area contributed by atoms with Crippen LogP contribution in [0.15, 0.2) is 54.7 Å². The highest BCUT2D eigenvalue weighted by atomic mass is 19.1. The van der Waals surface area contributed by atoms with Gasteiger partial charge in [-0.2, -0.15) is 5.10 Å². The molecule has 0 spiro atoms. The molecule has 2 amide bonds. The summed E-state index contributed by atoms with van der Waals surface area (Å²) in [5.74, 6) is -0.457. The number of carbonyl (C=O) groups is 2. The van der Waals surface area contributed by atoms with Crippen LogP contribution in [0.2, 0.25) is 0 Å². The van der Waals surface area contributed by atoms with Gasteiger partial charge in [0.1, 0.15) is 5.82 Å². The normalized spacial score (nSPS) is 13.2. The number of carbonyl (C=O) groups excluding carboxylic acids is 2. The summed E-state index contributed by atoms with van der Waals surface area (Å²) in [6.45, 7) is 0.306. The number of H-pyrrole nitrogens is 1. The number of hydrogen-bond acceptors (Lipinski definition) is 3. The third kappa shape index (κ3) is 4.09. The number of aromatic amines is 1. The van der Waals surface area contributed by atoms with Crippen LogP contribution >= 0.6 is 0 Å². The lowest BCUT2D eigenvalue weighted by atomic mass is 10.1. The number of nitrogens with one attached hydrogen (secondary N) is 3. The van der Waals surface area contributed by atoms with Gasteiger partial charge < -0.3 is 10.6 Å². The predicted octanol–water partition coefficient (Wildman–Crippen LogP) is 3.49. The maximum absolute atomic E-state index is 13.1. The van der Waals surface area contributed by atoms with Gasteiger partial charge in [0, 0.05) is 23.7 Å².